The fraction of sp³-hybridized carbons (Fsp3) is 0.733. The van der Waals surface area contributed by atoms with E-state index in [2.05, 4.69) is 14.9 Å². The molecule has 1 saturated carbocycles. The van der Waals surface area contributed by atoms with E-state index in [1.54, 1.807) is 18.5 Å². The molecule has 1 aromatic heterocycles. The van der Waals surface area contributed by atoms with Gasteiger partial charge in [-0.05, 0) is 25.3 Å². The highest BCUT2D eigenvalue weighted by Gasteiger charge is 2.62. The molecule has 3 fully saturated rings. The second-order valence-electron chi connectivity index (χ2n) is 6.70. The third-order valence-corrected chi connectivity index (χ3v) is 8.19. The number of aromatic nitrogens is 2. The van der Waals surface area contributed by atoms with E-state index in [-0.39, 0.29) is 11.7 Å². The molecule has 0 amide bonds. The summed E-state index contributed by atoms with van der Waals surface area (Å²) in [7, 11) is -3.02. The molecule has 7 heteroatoms. The van der Waals surface area contributed by atoms with Crippen molar-refractivity contribution >= 4 is 9.84 Å². The summed E-state index contributed by atoms with van der Waals surface area (Å²) in [6.45, 7) is 1.76. The molecule has 2 aliphatic heterocycles. The lowest BCUT2D eigenvalue weighted by molar-refractivity contribution is 0.00153. The van der Waals surface area contributed by atoms with Crippen LogP contribution in [0.2, 0.25) is 0 Å². The summed E-state index contributed by atoms with van der Waals surface area (Å²) in [5.74, 6) is 0.340. The Morgan fingerprint density at radius 3 is 2.59 bits per heavy atom. The van der Waals surface area contributed by atoms with E-state index in [1.165, 1.54) is 19.3 Å². The van der Waals surface area contributed by atoms with E-state index in [9.17, 15) is 8.42 Å². The van der Waals surface area contributed by atoms with Crippen LogP contribution in [0.15, 0.2) is 18.5 Å². The molecule has 2 saturated heterocycles. The summed E-state index contributed by atoms with van der Waals surface area (Å²) in [6.07, 6.45) is 7.66. The summed E-state index contributed by atoms with van der Waals surface area (Å²) in [5, 5.41) is 0. The van der Waals surface area contributed by atoms with E-state index in [0.29, 0.717) is 38.2 Å². The zero-order valence-corrected chi connectivity index (χ0v) is 13.3. The van der Waals surface area contributed by atoms with Gasteiger partial charge in [-0.1, -0.05) is 6.42 Å². The highest BCUT2D eigenvalue weighted by atomic mass is 32.2. The van der Waals surface area contributed by atoms with Crippen molar-refractivity contribution in [3.63, 3.8) is 0 Å². The number of hydrogen-bond acceptors (Lipinski definition) is 6. The first-order valence-electron chi connectivity index (χ1n) is 7.97. The zero-order valence-electron chi connectivity index (χ0n) is 12.5. The van der Waals surface area contributed by atoms with Crippen molar-refractivity contribution in [1.82, 2.24) is 14.9 Å². The van der Waals surface area contributed by atoms with Gasteiger partial charge in [-0.15, -0.1) is 0 Å². The van der Waals surface area contributed by atoms with Crippen LogP contribution in [-0.2, 0) is 9.84 Å². The average Bonchev–Trinajstić information content (AvgIpc) is 2.67. The molecule has 3 aliphatic rings. The molecule has 1 unspecified atom stereocenters. The van der Waals surface area contributed by atoms with Gasteiger partial charge in [0.15, 0.2) is 9.84 Å². The van der Waals surface area contributed by atoms with Crippen molar-refractivity contribution < 1.29 is 13.2 Å². The zero-order chi connectivity index (χ0) is 15.2. The van der Waals surface area contributed by atoms with E-state index >= 15 is 0 Å². The normalized spacial score (nSPS) is 29.9. The molecule has 1 atom stereocenters. The number of rotatable bonds is 4. The van der Waals surface area contributed by atoms with Gasteiger partial charge in [-0.2, -0.15) is 0 Å². The maximum Gasteiger partial charge on any atom is 0.316 e. The first kappa shape index (κ1) is 14.4. The van der Waals surface area contributed by atoms with Crippen molar-refractivity contribution in [2.75, 3.05) is 25.4 Å². The number of likely N-dealkylation sites (tertiary alicyclic amines) is 1. The highest BCUT2D eigenvalue weighted by Crippen LogP contribution is 2.47. The molecule has 1 aliphatic carbocycles. The quantitative estimate of drug-likeness (QED) is 0.820. The second kappa shape index (κ2) is 5.16. The molecular formula is C15H21N3O3S. The highest BCUT2D eigenvalue weighted by molar-refractivity contribution is 7.93. The maximum atomic E-state index is 12.5. The van der Waals surface area contributed by atoms with Crippen molar-refractivity contribution in [3.8, 4) is 6.01 Å². The van der Waals surface area contributed by atoms with Crippen LogP contribution in [0.3, 0.4) is 0 Å². The second-order valence-corrected chi connectivity index (χ2v) is 9.15. The molecule has 0 aromatic carbocycles. The Hall–Kier alpha value is -1.21. The largest absolute Gasteiger partial charge is 0.463 e. The Balaban J connectivity index is 1.45. The third-order valence-electron chi connectivity index (χ3n) is 5.59. The monoisotopic (exact) mass is 323 g/mol. The molecule has 1 spiro atoms. The molecule has 0 bridgehead atoms. The smallest absolute Gasteiger partial charge is 0.316 e. The standard InChI is InChI=1S/C15H21N3O3S/c19-22(20)8-5-12(9-21-14-16-6-2-7-17-14)15(22)10-18(11-15)13-3-1-4-13/h2,6-7,12-13H,1,3-5,8-11H2. The van der Waals surface area contributed by atoms with Crippen LogP contribution in [0.25, 0.3) is 0 Å². The SMILES string of the molecule is O=S1(=O)CCC(COc2ncccn2)C12CN(C1CCC1)C2. The number of ether oxygens (including phenoxy) is 1. The van der Waals surface area contributed by atoms with Crippen LogP contribution < -0.4 is 4.74 Å². The summed E-state index contributed by atoms with van der Waals surface area (Å²) in [5.41, 5.74) is 0. The summed E-state index contributed by atoms with van der Waals surface area (Å²) in [6, 6.07) is 2.68. The average molecular weight is 323 g/mol. The molecule has 0 radical (unpaired) electrons. The third kappa shape index (κ3) is 2.13. The van der Waals surface area contributed by atoms with Crippen LogP contribution in [0.4, 0.5) is 0 Å². The minimum Gasteiger partial charge on any atom is -0.463 e. The summed E-state index contributed by atoms with van der Waals surface area (Å²) in [4.78, 5) is 10.4. The topological polar surface area (TPSA) is 72.4 Å². The van der Waals surface area contributed by atoms with Gasteiger partial charge in [0.25, 0.3) is 0 Å². The Labute approximate surface area is 130 Å². The Kier molecular flexibility index (Phi) is 3.38. The Bertz CT molecular complexity index is 639. The van der Waals surface area contributed by atoms with Gasteiger partial charge in [-0.3, -0.25) is 4.90 Å². The van der Waals surface area contributed by atoms with Crippen LogP contribution >= 0.6 is 0 Å². The predicted octanol–water partition coefficient (Wildman–Crippen LogP) is 0.897. The van der Waals surface area contributed by atoms with Gasteiger partial charge >= 0.3 is 6.01 Å². The molecule has 4 rings (SSSR count). The number of sulfone groups is 1. The minimum atomic E-state index is -3.02. The Morgan fingerprint density at radius 1 is 1.23 bits per heavy atom. The lowest BCUT2D eigenvalue weighted by Gasteiger charge is -2.55. The van der Waals surface area contributed by atoms with Gasteiger partial charge in [0, 0.05) is 37.4 Å². The molecule has 120 valence electrons. The molecule has 0 N–H and O–H groups in total. The van der Waals surface area contributed by atoms with Crippen molar-refractivity contribution in [2.45, 2.75) is 36.5 Å². The fourth-order valence-electron chi connectivity index (χ4n) is 3.89. The lowest BCUT2D eigenvalue weighted by atomic mass is 9.79. The van der Waals surface area contributed by atoms with E-state index in [4.69, 9.17) is 4.74 Å². The van der Waals surface area contributed by atoms with E-state index in [1.807, 2.05) is 0 Å². The molecular weight excluding hydrogens is 302 g/mol. The predicted molar refractivity (Wildman–Crippen MR) is 81.4 cm³/mol. The van der Waals surface area contributed by atoms with Crippen molar-refractivity contribution in [2.24, 2.45) is 5.92 Å². The van der Waals surface area contributed by atoms with Gasteiger partial charge in [-0.25, -0.2) is 18.4 Å². The van der Waals surface area contributed by atoms with Crippen molar-refractivity contribution in [1.29, 1.82) is 0 Å². The van der Waals surface area contributed by atoms with Crippen LogP contribution in [0.1, 0.15) is 25.7 Å². The van der Waals surface area contributed by atoms with Crippen LogP contribution in [0, 0.1) is 5.92 Å². The molecule has 1 aromatic rings. The first-order chi connectivity index (χ1) is 10.6. The summed E-state index contributed by atoms with van der Waals surface area (Å²) >= 11 is 0. The first-order valence-corrected chi connectivity index (χ1v) is 9.62. The number of nitrogens with zero attached hydrogens (tertiary/aromatic N) is 3. The van der Waals surface area contributed by atoms with Gasteiger partial charge < -0.3 is 4.74 Å². The van der Waals surface area contributed by atoms with Crippen LogP contribution in [-0.4, -0.2) is 59.5 Å². The van der Waals surface area contributed by atoms with E-state index in [0.717, 1.165) is 0 Å². The molecule has 22 heavy (non-hydrogen) atoms. The fourth-order valence-corrected chi connectivity index (χ4v) is 6.31. The Morgan fingerprint density at radius 2 is 1.95 bits per heavy atom. The van der Waals surface area contributed by atoms with Gasteiger partial charge in [0.1, 0.15) is 4.75 Å². The number of hydrogen-bond donors (Lipinski definition) is 0. The lowest BCUT2D eigenvalue weighted by Crippen LogP contribution is -2.70. The minimum absolute atomic E-state index is 0.0534. The molecule has 6 nitrogen and oxygen atoms in total. The van der Waals surface area contributed by atoms with E-state index < -0.39 is 14.6 Å². The summed E-state index contributed by atoms with van der Waals surface area (Å²) < 4.78 is 30.2. The van der Waals surface area contributed by atoms with Gasteiger partial charge in [0.05, 0.1) is 12.4 Å². The maximum absolute atomic E-state index is 12.5. The van der Waals surface area contributed by atoms with Crippen molar-refractivity contribution in [3.05, 3.63) is 18.5 Å². The van der Waals surface area contributed by atoms with Gasteiger partial charge in [0.2, 0.25) is 0 Å². The molecule has 3 heterocycles. The van der Waals surface area contributed by atoms with Crippen LogP contribution in [0.5, 0.6) is 6.01 Å².